The van der Waals surface area contributed by atoms with Crippen LogP contribution in [-0.4, -0.2) is 37.6 Å². The fraction of sp³-hybridized carbons (Fsp3) is 0.462. The summed E-state index contributed by atoms with van der Waals surface area (Å²) in [6, 6.07) is 9.12. The summed E-state index contributed by atoms with van der Waals surface area (Å²) >= 11 is 0. The van der Waals surface area contributed by atoms with Gasteiger partial charge in [-0.2, -0.15) is 0 Å². The highest BCUT2D eigenvalue weighted by Crippen LogP contribution is 2.09. The third-order valence-electron chi connectivity index (χ3n) is 2.54. The Morgan fingerprint density at radius 2 is 1.95 bits per heavy atom. The van der Waals surface area contributed by atoms with E-state index < -0.39 is 21.7 Å². The summed E-state index contributed by atoms with van der Waals surface area (Å²) in [5.41, 5.74) is 0. The van der Waals surface area contributed by atoms with E-state index in [0.717, 1.165) is 0 Å². The zero-order chi connectivity index (χ0) is 14.3. The lowest BCUT2D eigenvalue weighted by molar-refractivity contribution is -0.140. The average molecular weight is 286 g/mol. The minimum atomic E-state index is -3.34. The van der Waals surface area contributed by atoms with E-state index in [1.54, 1.807) is 12.1 Å². The molecule has 0 amide bonds. The van der Waals surface area contributed by atoms with Gasteiger partial charge in [-0.25, -0.2) is 8.42 Å². The van der Waals surface area contributed by atoms with Gasteiger partial charge >= 0.3 is 5.97 Å². The summed E-state index contributed by atoms with van der Waals surface area (Å²) in [5.74, 6) is -1.66. The van der Waals surface area contributed by atoms with Crippen molar-refractivity contribution >= 4 is 15.8 Å². The van der Waals surface area contributed by atoms with Crippen molar-refractivity contribution in [2.45, 2.75) is 13.3 Å². The first-order valence-electron chi connectivity index (χ1n) is 6.02. The molecule has 1 N–H and O–H groups in total. The third-order valence-corrected chi connectivity index (χ3v) is 4.46. The number of benzene rings is 1. The standard InChI is InChI=1S/C13H18O5S/c1-11(13(14)15)10-19(16,17)9-5-8-18-12-6-3-2-4-7-12/h2-4,6-7,11H,5,8-10H2,1H3,(H,14,15). The van der Waals surface area contributed by atoms with E-state index >= 15 is 0 Å². The average Bonchev–Trinajstić information content (AvgIpc) is 2.35. The van der Waals surface area contributed by atoms with Crippen molar-refractivity contribution < 1.29 is 23.1 Å². The predicted octanol–water partition coefficient (Wildman–Crippen LogP) is 1.59. The quantitative estimate of drug-likeness (QED) is 0.734. The second-order valence-corrected chi connectivity index (χ2v) is 6.60. The molecule has 1 unspecified atom stereocenters. The maximum Gasteiger partial charge on any atom is 0.307 e. The van der Waals surface area contributed by atoms with Gasteiger partial charge in [0.1, 0.15) is 5.75 Å². The number of sulfone groups is 1. The molecule has 1 aromatic rings. The highest BCUT2D eigenvalue weighted by molar-refractivity contribution is 7.91. The molecule has 0 aliphatic heterocycles. The van der Waals surface area contributed by atoms with E-state index in [2.05, 4.69) is 0 Å². The Balaban J connectivity index is 2.30. The van der Waals surface area contributed by atoms with Crippen LogP contribution < -0.4 is 4.74 Å². The van der Waals surface area contributed by atoms with Crippen molar-refractivity contribution in [1.82, 2.24) is 0 Å². The zero-order valence-electron chi connectivity index (χ0n) is 10.8. The third kappa shape index (κ3) is 6.24. The number of hydrogen-bond acceptors (Lipinski definition) is 4. The van der Waals surface area contributed by atoms with Crippen LogP contribution in [0, 0.1) is 5.92 Å². The maximum absolute atomic E-state index is 11.6. The Kier molecular flexibility index (Phi) is 5.82. The Bertz CT molecular complexity index is 495. The minimum absolute atomic E-state index is 0.0581. The van der Waals surface area contributed by atoms with Crippen LogP contribution in [0.25, 0.3) is 0 Å². The molecule has 0 heterocycles. The fourth-order valence-corrected chi connectivity index (χ4v) is 3.15. The van der Waals surface area contributed by atoms with Crippen molar-refractivity contribution in [2.75, 3.05) is 18.1 Å². The Morgan fingerprint density at radius 3 is 2.53 bits per heavy atom. The first kappa shape index (κ1) is 15.5. The lowest BCUT2D eigenvalue weighted by Gasteiger charge is -2.08. The molecule has 1 atom stereocenters. The highest BCUT2D eigenvalue weighted by Gasteiger charge is 2.20. The van der Waals surface area contributed by atoms with Gasteiger partial charge in [0.2, 0.25) is 0 Å². The molecule has 0 spiro atoms. The lowest BCUT2D eigenvalue weighted by Crippen LogP contribution is -2.23. The zero-order valence-corrected chi connectivity index (χ0v) is 11.6. The molecule has 19 heavy (non-hydrogen) atoms. The number of para-hydroxylation sites is 1. The molecule has 0 saturated carbocycles. The van der Waals surface area contributed by atoms with Crippen molar-refractivity contribution in [3.05, 3.63) is 30.3 Å². The molecule has 0 fully saturated rings. The van der Waals surface area contributed by atoms with Gasteiger partial charge in [0, 0.05) is 0 Å². The molecular formula is C13H18O5S. The predicted molar refractivity (Wildman–Crippen MR) is 72.0 cm³/mol. The van der Waals surface area contributed by atoms with Gasteiger partial charge in [-0.3, -0.25) is 4.79 Å². The number of rotatable bonds is 8. The molecule has 0 aromatic heterocycles. The van der Waals surface area contributed by atoms with Gasteiger partial charge in [0.15, 0.2) is 9.84 Å². The SMILES string of the molecule is CC(CS(=O)(=O)CCCOc1ccccc1)C(=O)O. The fourth-order valence-electron chi connectivity index (χ4n) is 1.52. The van der Waals surface area contributed by atoms with Gasteiger partial charge in [-0.05, 0) is 18.6 Å². The van der Waals surface area contributed by atoms with Crippen LogP contribution in [0.5, 0.6) is 5.75 Å². The summed E-state index contributed by atoms with van der Waals surface area (Å²) in [6.07, 6.45) is 0.351. The molecule has 0 bridgehead atoms. The molecule has 0 aliphatic carbocycles. The second-order valence-electron chi connectivity index (χ2n) is 4.37. The van der Waals surface area contributed by atoms with E-state index in [4.69, 9.17) is 9.84 Å². The summed E-state index contributed by atoms with van der Waals surface area (Å²) in [6.45, 7) is 1.69. The number of carboxylic acids is 1. The molecule has 106 valence electrons. The number of ether oxygens (including phenoxy) is 1. The number of carboxylic acid groups (broad SMARTS) is 1. The first-order valence-corrected chi connectivity index (χ1v) is 7.84. The molecule has 0 aliphatic rings. The smallest absolute Gasteiger partial charge is 0.307 e. The normalized spacial score (nSPS) is 12.9. The van der Waals surface area contributed by atoms with Gasteiger partial charge in [-0.15, -0.1) is 0 Å². The van der Waals surface area contributed by atoms with Crippen LogP contribution in [0.15, 0.2) is 30.3 Å². The molecular weight excluding hydrogens is 268 g/mol. The molecule has 0 saturated heterocycles. The summed E-state index contributed by atoms with van der Waals surface area (Å²) < 4.78 is 28.6. The molecule has 0 radical (unpaired) electrons. The molecule has 1 aromatic carbocycles. The Labute approximate surface area is 113 Å². The highest BCUT2D eigenvalue weighted by atomic mass is 32.2. The largest absolute Gasteiger partial charge is 0.494 e. The monoisotopic (exact) mass is 286 g/mol. The van der Waals surface area contributed by atoms with Crippen LogP contribution in [0.4, 0.5) is 0 Å². The van der Waals surface area contributed by atoms with Crippen LogP contribution in [0.3, 0.4) is 0 Å². The van der Waals surface area contributed by atoms with Gasteiger partial charge < -0.3 is 9.84 Å². The van der Waals surface area contributed by atoms with E-state index in [1.807, 2.05) is 18.2 Å². The minimum Gasteiger partial charge on any atom is -0.494 e. The van der Waals surface area contributed by atoms with E-state index in [1.165, 1.54) is 6.92 Å². The van der Waals surface area contributed by atoms with E-state index in [9.17, 15) is 13.2 Å². The Hall–Kier alpha value is -1.56. The molecule has 1 rings (SSSR count). The summed E-state index contributed by atoms with van der Waals surface area (Å²) in [5, 5.41) is 8.68. The van der Waals surface area contributed by atoms with Crippen LogP contribution >= 0.6 is 0 Å². The van der Waals surface area contributed by atoms with Gasteiger partial charge in [0.25, 0.3) is 0 Å². The van der Waals surface area contributed by atoms with E-state index in [0.29, 0.717) is 18.8 Å². The van der Waals surface area contributed by atoms with Crippen molar-refractivity contribution in [2.24, 2.45) is 5.92 Å². The van der Waals surface area contributed by atoms with Crippen molar-refractivity contribution in [1.29, 1.82) is 0 Å². The second kappa shape index (κ2) is 7.13. The van der Waals surface area contributed by atoms with E-state index in [-0.39, 0.29) is 11.5 Å². The number of aliphatic carboxylic acids is 1. The summed E-state index contributed by atoms with van der Waals surface area (Å²) in [7, 11) is -3.34. The molecule has 6 heteroatoms. The van der Waals surface area contributed by atoms with Crippen molar-refractivity contribution in [3.63, 3.8) is 0 Å². The van der Waals surface area contributed by atoms with Gasteiger partial charge in [0.05, 0.1) is 24.0 Å². The van der Waals surface area contributed by atoms with Crippen LogP contribution in [0.1, 0.15) is 13.3 Å². The van der Waals surface area contributed by atoms with Crippen molar-refractivity contribution in [3.8, 4) is 5.75 Å². The Morgan fingerprint density at radius 1 is 1.32 bits per heavy atom. The first-order chi connectivity index (χ1) is 8.91. The van der Waals surface area contributed by atoms with Crippen LogP contribution in [0.2, 0.25) is 0 Å². The maximum atomic E-state index is 11.6. The molecule has 5 nitrogen and oxygen atoms in total. The van der Waals surface area contributed by atoms with Crippen LogP contribution in [-0.2, 0) is 14.6 Å². The number of carbonyl (C=O) groups is 1. The topological polar surface area (TPSA) is 80.7 Å². The number of hydrogen-bond donors (Lipinski definition) is 1. The van der Waals surface area contributed by atoms with Gasteiger partial charge in [-0.1, -0.05) is 25.1 Å². The lowest BCUT2D eigenvalue weighted by atomic mass is 10.2. The summed E-state index contributed by atoms with van der Waals surface area (Å²) in [4.78, 5) is 10.6.